The minimum absolute atomic E-state index is 0.316. The smallest absolute Gasteiger partial charge is 0.337 e. The maximum Gasteiger partial charge on any atom is 0.337 e. The summed E-state index contributed by atoms with van der Waals surface area (Å²) >= 11 is 2.19. The van der Waals surface area contributed by atoms with Crippen LogP contribution < -0.4 is 0 Å². The highest BCUT2D eigenvalue weighted by molar-refractivity contribution is 14.2. The molecule has 1 unspecified atom stereocenters. The average Bonchev–Trinajstić information content (AvgIpc) is 2.50. The van der Waals surface area contributed by atoms with Crippen molar-refractivity contribution >= 4 is 40.5 Å². The fourth-order valence-electron chi connectivity index (χ4n) is 1.46. The van der Waals surface area contributed by atoms with E-state index in [9.17, 15) is 4.79 Å². The number of carbonyl (C=O) groups excluding carboxylic acids is 1. The number of rotatable bonds is 9. The molecular formula is C14H18IO4P. The Balaban J connectivity index is 2.23. The van der Waals surface area contributed by atoms with Crippen molar-refractivity contribution in [2.75, 3.05) is 26.9 Å². The fraction of sp³-hybridized carbons (Fsp3) is 0.357. The van der Waals surface area contributed by atoms with Crippen molar-refractivity contribution in [3.05, 3.63) is 41.5 Å². The number of carbonyl (C=O) groups is 1. The topological polar surface area (TPSA) is 44.8 Å². The van der Waals surface area contributed by atoms with Gasteiger partial charge in [0, 0.05) is 0 Å². The van der Waals surface area contributed by atoms with E-state index < -0.39 is 0 Å². The van der Waals surface area contributed by atoms with Crippen molar-refractivity contribution in [1.82, 2.24) is 0 Å². The number of benzene rings is 1. The van der Waals surface area contributed by atoms with Crippen molar-refractivity contribution in [3.8, 4) is 0 Å². The predicted octanol–water partition coefficient (Wildman–Crippen LogP) is 3.85. The van der Waals surface area contributed by atoms with E-state index in [4.69, 9.17) is 9.26 Å². The van der Waals surface area contributed by atoms with E-state index in [1.807, 2.05) is 24.3 Å². The molecule has 0 N–H and O–H groups in total. The van der Waals surface area contributed by atoms with Crippen LogP contribution in [0.1, 0.15) is 22.3 Å². The second-order valence-corrected chi connectivity index (χ2v) is 5.61. The molecule has 0 spiro atoms. The van der Waals surface area contributed by atoms with Crippen LogP contribution in [0.4, 0.5) is 0 Å². The lowest BCUT2D eigenvalue weighted by molar-refractivity contribution is 0.0600. The van der Waals surface area contributed by atoms with Crippen LogP contribution in [-0.2, 0) is 14.0 Å². The zero-order valence-electron chi connectivity index (χ0n) is 11.3. The molecule has 0 aliphatic carbocycles. The van der Waals surface area contributed by atoms with Gasteiger partial charge in [0.1, 0.15) is 0 Å². The summed E-state index contributed by atoms with van der Waals surface area (Å²) in [7, 11) is 1.38. The van der Waals surface area contributed by atoms with Gasteiger partial charge in [-0.1, -0.05) is 24.3 Å². The number of halogens is 1. The third-order valence-corrected chi connectivity index (χ3v) is 3.70. The summed E-state index contributed by atoms with van der Waals surface area (Å²) in [5.41, 5.74) is 1.61. The van der Waals surface area contributed by atoms with Crippen molar-refractivity contribution in [2.24, 2.45) is 0 Å². The van der Waals surface area contributed by atoms with Gasteiger partial charge >= 0.3 is 5.97 Å². The highest BCUT2D eigenvalue weighted by Gasteiger charge is 2.02. The molecule has 110 valence electrons. The maximum absolute atomic E-state index is 11.3. The van der Waals surface area contributed by atoms with Crippen LogP contribution in [0.25, 0.3) is 6.08 Å². The standard InChI is InChI=1S/C14H18IO4P/c1-17-14(16)13-7-5-12(6-8-13)4-2-3-9-18-10-11-19-20-15/h2,4-8,20H,3,9-11H2,1H3/b4-2+. The molecule has 1 aromatic rings. The van der Waals surface area contributed by atoms with Gasteiger partial charge < -0.3 is 14.0 Å². The molecule has 0 saturated carbocycles. The van der Waals surface area contributed by atoms with E-state index in [0.29, 0.717) is 31.8 Å². The number of methoxy groups -OCH3 is 1. The van der Waals surface area contributed by atoms with Gasteiger partial charge in [-0.25, -0.2) is 4.79 Å². The molecule has 1 atom stereocenters. The predicted molar refractivity (Wildman–Crippen MR) is 90.5 cm³/mol. The summed E-state index contributed by atoms with van der Waals surface area (Å²) in [6, 6.07) is 7.28. The summed E-state index contributed by atoms with van der Waals surface area (Å²) in [5, 5.41) is 0. The SMILES string of the molecule is COC(=O)c1ccc(/C=C/CCOCCOPI)cc1. The lowest BCUT2D eigenvalue weighted by atomic mass is 10.1. The van der Waals surface area contributed by atoms with Gasteiger partial charge in [-0.05, 0) is 46.2 Å². The third kappa shape index (κ3) is 7.33. The lowest BCUT2D eigenvalue weighted by Gasteiger charge is -2.01. The first-order chi connectivity index (χ1) is 9.77. The van der Waals surface area contributed by atoms with Crippen LogP contribution in [0.5, 0.6) is 0 Å². The zero-order valence-corrected chi connectivity index (χ0v) is 14.5. The minimum Gasteiger partial charge on any atom is -0.465 e. The summed E-state index contributed by atoms with van der Waals surface area (Å²) in [6.07, 6.45) is 4.91. The Morgan fingerprint density at radius 1 is 1.25 bits per heavy atom. The molecule has 0 amide bonds. The van der Waals surface area contributed by atoms with Gasteiger partial charge in [0.2, 0.25) is 0 Å². The summed E-state index contributed by atoms with van der Waals surface area (Å²) in [5.74, 6) is -0.316. The van der Waals surface area contributed by atoms with Crippen LogP contribution in [0.15, 0.2) is 30.3 Å². The van der Waals surface area contributed by atoms with E-state index >= 15 is 0 Å². The molecule has 0 saturated heterocycles. The van der Waals surface area contributed by atoms with Crippen LogP contribution in [0.2, 0.25) is 0 Å². The van der Waals surface area contributed by atoms with Crippen LogP contribution in [0, 0.1) is 0 Å². The van der Waals surface area contributed by atoms with E-state index in [-0.39, 0.29) is 5.97 Å². The second-order valence-electron chi connectivity index (χ2n) is 3.84. The lowest BCUT2D eigenvalue weighted by Crippen LogP contribution is -2.00. The highest BCUT2D eigenvalue weighted by Crippen LogP contribution is 2.20. The molecule has 1 rings (SSSR count). The van der Waals surface area contributed by atoms with E-state index in [2.05, 4.69) is 26.8 Å². The molecular weight excluding hydrogens is 390 g/mol. The monoisotopic (exact) mass is 408 g/mol. The van der Waals surface area contributed by atoms with Crippen LogP contribution in [0.3, 0.4) is 0 Å². The molecule has 0 heterocycles. The molecule has 20 heavy (non-hydrogen) atoms. The molecule has 0 aliphatic heterocycles. The van der Waals surface area contributed by atoms with Crippen molar-refractivity contribution in [3.63, 3.8) is 0 Å². The normalized spacial score (nSPS) is 11.5. The van der Waals surface area contributed by atoms with Gasteiger partial charge in [-0.2, -0.15) is 0 Å². The quantitative estimate of drug-likeness (QED) is 0.270. The molecule has 0 aliphatic rings. The van der Waals surface area contributed by atoms with Crippen molar-refractivity contribution < 1.29 is 18.8 Å². The average molecular weight is 408 g/mol. The molecule has 0 radical (unpaired) electrons. The zero-order chi connectivity index (χ0) is 14.6. The molecule has 1 aromatic carbocycles. The Hall–Kier alpha value is -0.490. The summed E-state index contributed by atoms with van der Waals surface area (Å²) in [6.45, 7) is 2.47. The van der Waals surface area contributed by atoms with E-state index in [1.54, 1.807) is 12.1 Å². The number of ether oxygens (including phenoxy) is 2. The van der Waals surface area contributed by atoms with Crippen molar-refractivity contribution in [2.45, 2.75) is 6.42 Å². The number of hydrogen-bond acceptors (Lipinski definition) is 4. The first-order valence-corrected chi connectivity index (χ1v) is 10.2. The largest absolute Gasteiger partial charge is 0.465 e. The van der Waals surface area contributed by atoms with E-state index in [0.717, 1.165) is 12.0 Å². The molecule has 6 heteroatoms. The summed E-state index contributed by atoms with van der Waals surface area (Å²) in [4.78, 5) is 11.3. The van der Waals surface area contributed by atoms with Gasteiger partial charge in [-0.3, -0.25) is 0 Å². The Bertz CT molecular complexity index is 420. The number of esters is 1. The Morgan fingerprint density at radius 3 is 2.65 bits per heavy atom. The molecule has 0 aromatic heterocycles. The van der Waals surface area contributed by atoms with Gasteiger partial charge in [0.05, 0.1) is 38.9 Å². The van der Waals surface area contributed by atoms with Crippen molar-refractivity contribution in [1.29, 1.82) is 0 Å². The molecule has 0 bridgehead atoms. The first kappa shape index (κ1) is 17.6. The Labute approximate surface area is 134 Å². The minimum atomic E-state index is -0.316. The van der Waals surface area contributed by atoms with Crippen LogP contribution >= 0.6 is 28.5 Å². The van der Waals surface area contributed by atoms with Crippen LogP contribution in [-0.4, -0.2) is 32.9 Å². The van der Waals surface area contributed by atoms with Gasteiger partial charge in [0.15, 0.2) is 0 Å². The Morgan fingerprint density at radius 2 is 2.00 bits per heavy atom. The summed E-state index contributed by atoms with van der Waals surface area (Å²) < 4.78 is 15.2. The highest BCUT2D eigenvalue weighted by atomic mass is 127. The van der Waals surface area contributed by atoms with Gasteiger partial charge in [-0.15, -0.1) is 0 Å². The third-order valence-electron chi connectivity index (χ3n) is 2.46. The second kappa shape index (κ2) is 11.2. The number of hydrogen-bond donors (Lipinski definition) is 0. The first-order valence-electron chi connectivity index (χ1n) is 6.18. The Kier molecular flexibility index (Phi) is 9.83. The molecule has 0 fully saturated rings. The van der Waals surface area contributed by atoms with Gasteiger partial charge in [0.25, 0.3) is 0 Å². The fourth-order valence-corrected chi connectivity index (χ4v) is 2.28. The van der Waals surface area contributed by atoms with E-state index in [1.165, 1.54) is 7.11 Å². The molecule has 4 nitrogen and oxygen atoms in total. The maximum atomic E-state index is 11.3.